The Morgan fingerprint density at radius 1 is 1.55 bits per heavy atom. The van der Waals surface area contributed by atoms with Crippen molar-refractivity contribution in [1.82, 2.24) is 5.32 Å². The maximum Gasteiger partial charge on any atom is 0.254 e. The number of hydrogen-bond acceptors (Lipinski definition) is 3. The molecule has 0 aromatic heterocycles. The molecule has 0 saturated carbocycles. The van der Waals surface area contributed by atoms with Crippen molar-refractivity contribution in [2.75, 3.05) is 24.6 Å². The van der Waals surface area contributed by atoms with Crippen LogP contribution in [-0.2, 0) is 0 Å². The van der Waals surface area contributed by atoms with E-state index in [4.69, 9.17) is 5.73 Å². The topological polar surface area (TPSA) is 55.1 Å². The third-order valence-corrected chi connectivity index (χ3v) is 4.36. The normalized spacial score (nSPS) is 17.4. The van der Waals surface area contributed by atoms with Crippen LogP contribution in [0.25, 0.3) is 0 Å². The van der Waals surface area contributed by atoms with Crippen LogP contribution in [0.15, 0.2) is 18.2 Å². The Balaban J connectivity index is 1.98. The van der Waals surface area contributed by atoms with Crippen LogP contribution in [0.5, 0.6) is 0 Å². The summed E-state index contributed by atoms with van der Waals surface area (Å²) in [5.74, 6) is 7.19. The van der Waals surface area contributed by atoms with Crippen molar-refractivity contribution in [2.45, 2.75) is 6.42 Å². The molecule has 5 heteroatoms. The molecule has 1 saturated heterocycles. The van der Waals surface area contributed by atoms with E-state index in [0.29, 0.717) is 18.0 Å². The summed E-state index contributed by atoms with van der Waals surface area (Å²) in [4.78, 5) is 11.9. The average molecular weight is 292 g/mol. The largest absolute Gasteiger partial charge is 0.352 e. The molecular weight excluding hydrogens is 275 g/mol. The van der Waals surface area contributed by atoms with Gasteiger partial charge >= 0.3 is 0 Å². The van der Waals surface area contributed by atoms with Crippen molar-refractivity contribution in [3.8, 4) is 11.8 Å². The van der Waals surface area contributed by atoms with Gasteiger partial charge in [0, 0.05) is 12.1 Å². The maximum absolute atomic E-state index is 13.9. The quantitative estimate of drug-likeness (QED) is 0.832. The summed E-state index contributed by atoms with van der Waals surface area (Å²) >= 11 is 1.89. The molecule has 3 nitrogen and oxygen atoms in total. The molecule has 2 rings (SSSR count). The minimum absolute atomic E-state index is 0.0638. The van der Waals surface area contributed by atoms with E-state index in [1.54, 1.807) is 6.07 Å². The third-order valence-electron chi connectivity index (χ3n) is 3.12. The van der Waals surface area contributed by atoms with Crippen LogP contribution in [-0.4, -0.2) is 30.5 Å². The molecule has 1 unspecified atom stereocenters. The molecule has 20 heavy (non-hydrogen) atoms. The van der Waals surface area contributed by atoms with E-state index >= 15 is 0 Å². The molecule has 1 fully saturated rings. The fraction of sp³-hybridized carbons (Fsp3) is 0.400. The number of hydrogen-bond donors (Lipinski definition) is 2. The summed E-state index contributed by atoms with van der Waals surface area (Å²) < 4.78 is 13.9. The lowest BCUT2D eigenvalue weighted by Crippen LogP contribution is -2.29. The predicted octanol–water partition coefficient (Wildman–Crippen LogP) is 1.62. The Morgan fingerprint density at radius 2 is 2.40 bits per heavy atom. The highest BCUT2D eigenvalue weighted by atomic mass is 32.2. The van der Waals surface area contributed by atoms with Crippen LogP contribution in [0, 0.1) is 23.6 Å². The molecule has 0 radical (unpaired) electrons. The average Bonchev–Trinajstić information content (AvgIpc) is 2.96. The lowest BCUT2D eigenvalue weighted by atomic mass is 10.1. The second-order valence-electron chi connectivity index (χ2n) is 4.64. The minimum atomic E-state index is -0.549. The molecule has 3 N–H and O–H groups in total. The van der Waals surface area contributed by atoms with Crippen LogP contribution in [0.3, 0.4) is 0 Å². The number of thioether (sulfide) groups is 1. The first kappa shape index (κ1) is 14.9. The molecule has 0 bridgehead atoms. The van der Waals surface area contributed by atoms with Crippen molar-refractivity contribution >= 4 is 17.7 Å². The first-order valence-electron chi connectivity index (χ1n) is 6.55. The number of nitrogens with two attached hydrogens (primary N) is 1. The number of rotatable bonds is 3. The highest BCUT2D eigenvalue weighted by Crippen LogP contribution is 2.22. The van der Waals surface area contributed by atoms with E-state index in [1.807, 2.05) is 11.8 Å². The van der Waals surface area contributed by atoms with E-state index in [0.717, 1.165) is 17.9 Å². The standard InChI is InChI=1S/C15H17FN2OS/c16-14-8-11(2-1-6-17)3-4-13(14)15(19)18-9-12-5-7-20-10-12/h3-4,8,12H,5-7,9-10,17H2,(H,18,19). The van der Waals surface area contributed by atoms with Gasteiger partial charge in [-0.15, -0.1) is 0 Å². The number of benzene rings is 1. The molecule has 0 aliphatic carbocycles. The second-order valence-corrected chi connectivity index (χ2v) is 5.79. The van der Waals surface area contributed by atoms with E-state index in [1.165, 1.54) is 12.1 Å². The highest BCUT2D eigenvalue weighted by molar-refractivity contribution is 7.99. The fourth-order valence-electron chi connectivity index (χ4n) is 2.01. The summed E-state index contributed by atoms with van der Waals surface area (Å²) in [6.07, 6.45) is 1.11. The summed E-state index contributed by atoms with van der Waals surface area (Å²) in [7, 11) is 0. The Hall–Kier alpha value is -1.51. The van der Waals surface area contributed by atoms with Gasteiger partial charge in [-0.3, -0.25) is 4.79 Å². The molecule has 1 aliphatic rings. The number of carbonyl (C=O) groups is 1. The summed E-state index contributed by atoms with van der Waals surface area (Å²) in [6.45, 7) is 0.837. The smallest absolute Gasteiger partial charge is 0.254 e. The van der Waals surface area contributed by atoms with Gasteiger partial charge in [0.2, 0.25) is 0 Å². The van der Waals surface area contributed by atoms with Gasteiger partial charge in [-0.25, -0.2) is 4.39 Å². The monoisotopic (exact) mass is 292 g/mol. The third kappa shape index (κ3) is 3.99. The molecule has 106 valence electrons. The van der Waals surface area contributed by atoms with Crippen LogP contribution in [0.2, 0.25) is 0 Å². The van der Waals surface area contributed by atoms with Crippen LogP contribution in [0.1, 0.15) is 22.3 Å². The van der Waals surface area contributed by atoms with Gasteiger partial charge in [-0.1, -0.05) is 11.8 Å². The molecule has 0 spiro atoms. The SMILES string of the molecule is NCC#Cc1ccc(C(=O)NCC2CCSC2)c(F)c1. The van der Waals surface area contributed by atoms with E-state index in [-0.39, 0.29) is 18.0 Å². The first-order valence-corrected chi connectivity index (χ1v) is 7.70. The van der Waals surface area contributed by atoms with Crippen LogP contribution >= 0.6 is 11.8 Å². The van der Waals surface area contributed by atoms with Crippen molar-refractivity contribution < 1.29 is 9.18 Å². The molecular formula is C15H17FN2OS. The predicted molar refractivity (Wildman–Crippen MR) is 80.1 cm³/mol. The van der Waals surface area contributed by atoms with Gasteiger partial charge in [0.1, 0.15) is 5.82 Å². The Bertz CT molecular complexity index is 545. The van der Waals surface area contributed by atoms with E-state index < -0.39 is 5.82 Å². The Morgan fingerprint density at radius 3 is 3.05 bits per heavy atom. The van der Waals surface area contributed by atoms with Gasteiger partial charge in [0.15, 0.2) is 0 Å². The highest BCUT2D eigenvalue weighted by Gasteiger charge is 2.18. The van der Waals surface area contributed by atoms with Gasteiger partial charge in [-0.05, 0) is 42.0 Å². The minimum Gasteiger partial charge on any atom is -0.352 e. The molecule has 1 amide bonds. The van der Waals surface area contributed by atoms with Gasteiger partial charge < -0.3 is 11.1 Å². The Kier molecular flexibility index (Phi) is 5.45. The summed E-state index contributed by atoms with van der Waals surface area (Å²) in [5, 5.41) is 2.80. The molecule has 1 aliphatic heterocycles. The maximum atomic E-state index is 13.9. The lowest BCUT2D eigenvalue weighted by molar-refractivity contribution is 0.0944. The van der Waals surface area contributed by atoms with Gasteiger partial charge in [0.05, 0.1) is 12.1 Å². The van der Waals surface area contributed by atoms with E-state index in [2.05, 4.69) is 17.2 Å². The van der Waals surface area contributed by atoms with Crippen molar-refractivity contribution in [3.63, 3.8) is 0 Å². The second kappa shape index (κ2) is 7.32. The number of nitrogens with one attached hydrogen (secondary N) is 1. The molecule has 1 aromatic rings. The number of carbonyl (C=O) groups excluding carboxylic acids is 1. The molecule has 1 aromatic carbocycles. The lowest BCUT2D eigenvalue weighted by Gasteiger charge is -2.10. The van der Waals surface area contributed by atoms with Crippen LogP contribution < -0.4 is 11.1 Å². The zero-order chi connectivity index (χ0) is 14.4. The Labute approximate surface area is 122 Å². The van der Waals surface area contributed by atoms with E-state index in [9.17, 15) is 9.18 Å². The fourth-order valence-corrected chi connectivity index (χ4v) is 3.29. The summed E-state index contributed by atoms with van der Waals surface area (Å²) in [5.41, 5.74) is 5.85. The van der Waals surface area contributed by atoms with Gasteiger partial charge in [-0.2, -0.15) is 11.8 Å². The first-order chi connectivity index (χ1) is 9.70. The number of amides is 1. The zero-order valence-electron chi connectivity index (χ0n) is 11.1. The summed E-state index contributed by atoms with van der Waals surface area (Å²) in [6, 6.07) is 4.36. The van der Waals surface area contributed by atoms with Crippen molar-refractivity contribution in [3.05, 3.63) is 35.1 Å². The van der Waals surface area contributed by atoms with Gasteiger partial charge in [0.25, 0.3) is 5.91 Å². The van der Waals surface area contributed by atoms with Crippen LogP contribution in [0.4, 0.5) is 4.39 Å². The molecule has 1 heterocycles. The van der Waals surface area contributed by atoms with Crippen molar-refractivity contribution in [1.29, 1.82) is 0 Å². The van der Waals surface area contributed by atoms with Crippen molar-refractivity contribution in [2.24, 2.45) is 11.7 Å². The number of halogens is 1. The zero-order valence-corrected chi connectivity index (χ0v) is 11.9. The molecule has 1 atom stereocenters.